The quantitative estimate of drug-likeness (QED) is 0.627. The second-order valence-electron chi connectivity index (χ2n) is 3.78. The highest BCUT2D eigenvalue weighted by atomic mass is 16.2. The van der Waals surface area contributed by atoms with E-state index in [1.54, 1.807) is 0 Å². The molecule has 12 heavy (non-hydrogen) atoms. The van der Waals surface area contributed by atoms with Crippen LogP contribution in [0.3, 0.4) is 0 Å². The largest absolute Gasteiger partial charge is 0.344 e. The van der Waals surface area contributed by atoms with E-state index in [-0.39, 0.29) is 5.54 Å². The molecule has 0 radical (unpaired) electrons. The molecule has 0 saturated heterocycles. The Morgan fingerprint density at radius 1 is 1.25 bits per heavy atom. The summed E-state index contributed by atoms with van der Waals surface area (Å²) in [6.07, 6.45) is 4.28. The Morgan fingerprint density at radius 2 is 1.75 bits per heavy atom. The van der Waals surface area contributed by atoms with Gasteiger partial charge in [-0.2, -0.15) is 0 Å². The lowest BCUT2D eigenvalue weighted by Gasteiger charge is -2.24. The minimum Gasteiger partial charge on any atom is -0.344 e. The Morgan fingerprint density at radius 3 is 2.17 bits per heavy atom. The maximum atomic E-state index is 11.0. The van der Waals surface area contributed by atoms with Gasteiger partial charge >= 0.3 is 0 Å². The lowest BCUT2D eigenvalue weighted by molar-refractivity contribution is -0.137. The first-order valence-electron chi connectivity index (χ1n) is 4.37. The van der Waals surface area contributed by atoms with Crippen LogP contribution in [0.4, 0.5) is 0 Å². The summed E-state index contributed by atoms with van der Waals surface area (Å²) in [6, 6.07) is 0. The van der Waals surface area contributed by atoms with E-state index in [0.29, 0.717) is 0 Å². The number of hydrogen-bond donors (Lipinski definition) is 1. The molecule has 0 heterocycles. The molecule has 0 aromatic rings. The van der Waals surface area contributed by atoms with Gasteiger partial charge in [-0.1, -0.05) is 12.8 Å². The van der Waals surface area contributed by atoms with E-state index in [1.807, 2.05) is 6.92 Å². The number of carbonyl (C=O) groups is 2. The predicted molar refractivity (Wildman–Crippen MR) is 45.7 cm³/mol. The van der Waals surface area contributed by atoms with Crippen LogP contribution < -0.4 is 5.32 Å². The van der Waals surface area contributed by atoms with Gasteiger partial charge in [0.2, 0.25) is 5.78 Å². The van der Waals surface area contributed by atoms with Gasteiger partial charge in [-0.25, -0.2) is 0 Å². The van der Waals surface area contributed by atoms with Crippen molar-refractivity contribution in [3.05, 3.63) is 0 Å². The highest BCUT2D eigenvalue weighted by molar-refractivity contribution is 6.35. The van der Waals surface area contributed by atoms with Gasteiger partial charge in [0.05, 0.1) is 0 Å². The highest BCUT2D eigenvalue weighted by Gasteiger charge is 2.30. The fourth-order valence-corrected chi connectivity index (χ4v) is 1.64. The van der Waals surface area contributed by atoms with Crippen LogP contribution in [0.15, 0.2) is 0 Å². The lowest BCUT2D eigenvalue weighted by Crippen LogP contribution is -2.46. The third-order valence-electron chi connectivity index (χ3n) is 2.44. The molecule has 0 aliphatic heterocycles. The Balaban J connectivity index is 2.49. The zero-order chi connectivity index (χ0) is 9.19. The number of hydrogen-bond acceptors (Lipinski definition) is 2. The van der Waals surface area contributed by atoms with E-state index >= 15 is 0 Å². The normalized spacial score (nSPS) is 20.5. The van der Waals surface area contributed by atoms with Crippen molar-refractivity contribution in [1.82, 2.24) is 5.32 Å². The SMILES string of the molecule is CC(=O)C(=O)NC1(C)CCCC1. The summed E-state index contributed by atoms with van der Waals surface area (Å²) in [7, 11) is 0. The van der Waals surface area contributed by atoms with Crippen LogP contribution in [-0.2, 0) is 9.59 Å². The fraction of sp³-hybridized carbons (Fsp3) is 0.778. The summed E-state index contributed by atoms with van der Waals surface area (Å²) >= 11 is 0. The van der Waals surface area contributed by atoms with Gasteiger partial charge in [-0.05, 0) is 19.8 Å². The monoisotopic (exact) mass is 169 g/mol. The molecule has 1 aliphatic rings. The van der Waals surface area contributed by atoms with Crippen molar-refractivity contribution in [3.63, 3.8) is 0 Å². The summed E-state index contributed by atoms with van der Waals surface area (Å²) in [5.74, 6) is -0.845. The van der Waals surface area contributed by atoms with Crippen molar-refractivity contribution in [3.8, 4) is 0 Å². The van der Waals surface area contributed by atoms with Crippen molar-refractivity contribution in [2.75, 3.05) is 0 Å². The molecule has 0 unspecified atom stereocenters. The summed E-state index contributed by atoms with van der Waals surface area (Å²) < 4.78 is 0. The summed E-state index contributed by atoms with van der Waals surface area (Å²) in [5, 5.41) is 2.77. The molecule has 1 rings (SSSR count). The first kappa shape index (κ1) is 9.23. The van der Waals surface area contributed by atoms with Gasteiger partial charge in [0.15, 0.2) is 0 Å². The number of carbonyl (C=O) groups excluding carboxylic acids is 2. The van der Waals surface area contributed by atoms with E-state index in [2.05, 4.69) is 5.32 Å². The topological polar surface area (TPSA) is 46.2 Å². The molecule has 0 atom stereocenters. The highest BCUT2D eigenvalue weighted by Crippen LogP contribution is 2.28. The van der Waals surface area contributed by atoms with Gasteiger partial charge in [0.25, 0.3) is 5.91 Å². The first-order valence-corrected chi connectivity index (χ1v) is 4.37. The fourth-order valence-electron chi connectivity index (χ4n) is 1.64. The third-order valence-corrected chi connectivity index (χ3v) is 2.44. The van der Waals surface area contributed by atoms with E-state index in [1.165, 1.54) is 6.92 Å². The molecule has 1 saturated carbocycles. The van der Waals surface area contributed by atoms with Crippen LogP contribution in [0.1, 0.15) is 39.5 Å². The second kappa shape index (κ2) is 3.25. The maximum Gasteiger partial charge on any atom is 0.287 e. The Kier molecular flexibility index (Phi) is 2.50. The van der Waals surface area contributed by atoms with Gasteiger partial charge in [0.1, 0.15) is 0 Å². The molecule has 3 nitrogen and oxygen atoms in total. The Hall–Kier alpha value is -0.860. The first-order chi connectivity index (χ1) is 5.53. The van der Waals surface area contributed by atoms with E-state index in [9.17, 15) is 9.59 Å². The molecule has 1 N–H and O–H groups in total. The number of nitrogens with one attached hydrogen (secondary N) is 1. The average Bonchev–Trinajstić information content (AvgIpc) is 2.35. The van der Waals surface area contributed by atoms with Gasteiger partial charge in [-0.15, -0.1) is 0 Å². The van der Waals surface area contributed by atoms with Gasteiger partial charge in [-0.3, -0.25) is 9.59 Å². The molecule has 1 aliphatic carbocycles. The molecule has 3 heteroatoms. The van der Waals surface area contributed by atoms with Crippen LogP contribution in [0, 0.1) is 0 Å². The summed E-state index contributed by atoms with van der Waals surface area (Å²) in [5.41, 5.74) is -0.122. The zero-order valence-corrected chi connectivity index (χ0v) is 7.64. The molecule has 0 bridgehead atoms. The smallest absolute Gasteiger partial charge is 0.287 e. The molecule has 1 fully saturated rings. The minimum atomic E-state index is -0.445. The van der Waals surface area contributed by atoms with E-state index < -0.39 is 11.7 Å². The van der Waals surface area contributed by atoms with E-state index in [4.69, 9.17) is 0 Å². The summed E-state index contributed by atoms with van der Waals surface area (Å²) in [6.45, 7) is 3.30. The standard InChI is InChI=1S/C9H15NO2/c1-7(11)8(12)10-9(2)5-3-4-6-9/h3-6H2,1-2H3,(H,10,12). The minimum absolute atomic E-state index is 0.122. The van der Waals surface area contributed by atoms with Crippen LogP contribution in [-0.4, -0.2) is 17.2 Å². The molecule has 0 aromatic heterocycles. The number of ketones is 1. The van der Waals surface area contributed by atoms with Crippen molar-refractivity contribution < 1.29 is 9.59 Å². The van der Waals surface area contributed by atoms with Crippen LogP contribution >= 0.6 is 0 Å². The molecule has 0 spiro atoms. The maximum absolute atomic E-state index is 11.0. The van der Waals surface area contributed by atoms with Crippen LogP contribution in [0.25, 0.3) is 0 Å². The molecule has 68 valence electrons. The second-order valence-corrected chi connectivity index (χ2v) is 3.78. The number of Topliss-reactive ketones (excluding diaryl/α,β-unsaturated/α-hetero) is 1. The van der Waals surface area contributed by atoms with Crippen molar-refractivity contribution in [2.24, 2.45) is 0 Å². The summed E-state index contributed by atoms with van der Waals surface area (Å²) in [4.78, 5) is 21.7. The van der Waals surface area contributed by atoms with Gasteiger partial charge in [0, 0.05) is 12.5 Å². The number of rotatable bonds is 2. The Labute approximate surface area is 72.5 Å². The van der Waals surface area contributed by atoms with Crippen molar-refractivity contribution >= 4 is 11.7 Å². The Bertz CT molecular complexity index is 205. The molecular weight excluding hydrogens is 154 g/mol. The van der Waals surface area contributed by atoms with Crippen LogP contribution in [0.2, 0.25) is 0 Å². The molecule has 1 amide bonds. The number of amides is 1. The van der Waals surface area contributed by atoms with Crippen molar-refractivity contribution in [1.29, 1.82) is 0 Å². The third kappa shape index (κ3) is 2.06. The van der Waals surface area contributed by atoms with E-state index in [0.717, 1.165) is 25.7 Å². The predicted octanol–water partition coefficient (Wildman–Crippen LogP) is 1.02. The zero-order valence-electron chi connectivity index (χ0n) is 7.64. The van der Waals surface area contributed by atoms with Gasteiger partial charge < -0.3 is 5.32 Å². The molecule has 0 aromatic carbocycles. The lowest BCUT2D eigenvalue weighted by atomic mass is 10.0. The molecular formula is C9H15NO2. The van der Waals surface area contributed by atoms with Crippen molar-refractivity contribution in [2.45, 2.75) is 45.1 Å². The van der Waals surface area contributed by atoms with Crippen LogP contribution in [0.5, 0.6) is 0 Å². The average molecular weight is 169 g/mol.